The summed E-state index contributed by atoms with van der Waals surface area (Å²) in [6.07, 6.45) is 0.478. The molecule has 1 aromatic carbocycles. The van der Waals surface area contributed by atoms with E-state index in [1.54, 1.807) is 53.7 Å². The average Bonchev–Trinajstić information content (AvgIpc) is 2.74. The minimum absolute atomic E-state index is 0.0785. The smallest absolute Gasteiger partial charge is 0.323 e. The maximum Gasteiger partial charge on any atom is 0.323 e. The standard InChI is InChI=1S/C28H43NO8/c1-26(2,3)17-22(30)35-14-13-29-19(23(31)34-10)15-18-11-12-20(36-24(32)27(4,5)6)21(16-18)37-25(33)28(7,8)9/h11-12,16,19,29H,13-15,17H2,1-10H3/t19-/m0/s1. The Hall–Kier alpha value is -2.94. The van der Waals surface area contributed by atoms with Crippen LogP contribution in [0.15, 0.2) is 18.2 Å². The first-order valence-electron chi connectivity index (χ1n) is 12.4. The molecule has 1 aromatic rings. The molecule has 0 aliphatic rings. The summed E-state index contributed by atoms with van der Waals surface area (Å²) in [6, 6.07) is 4.03. The molecule has 1 N–H and O–H groups in total. The van der Waals surface area contributed by atoms with Crippen molar-refractivity contribution in [3.05, 3.63) is 23.8 Å². The highest BCUT2D eigenvalue weighted by Crippen LogP contribution is 2.33. The third-order valence-electron chi connectivity index (χ3n) is 4.99. The molecular formula is C28H43NO8. The highest BCUT2D eigenvalue weighted by Gasteiger charge is 2.29. The maximum absolute atomic E-state index is 12.6. The van der Waals surface area contributed by atoms with Crippen LogP contribution in [0.4, 0.5) is 0 Å². The Morgan fingerprint density at radius 3 is 1.86 bits per heavy atom. The van der Waals surface area contributed by atoms with Gasteiger partial charge < -0.3 is 24.3 Å². The third kappa shape index (κ3) is 11.8. The summed E-state index contributed by atoms with van der Waals surface area (Å²) in [5, 5.41) is 3.04. The van der Waals surface area contributed by atoms with Gasteiger partial charge in [0.15, 0.2) is 11.5 Å². The zero-order chi connectivity index (χ0) is 28.6. The number of benzene rings is 1. The molecule has 9 nitrogen and oxygen atoms in total. The Balaban J connectivity index is 3.06. The summed E-state index contributed by atoms with van der Waals surface area (Å²) < 4.78 is 21.3. The van der Waals surface area contributed by atoms with Crippen LogP contribution >= 0.6 is 0 Å². The Morgan fingerprint density at radius 1 is 0.838 bits per heavy atom. The zero-order valence-electron chi connectivity index (χ0n) is 23.9. The average molecular weight is 522 g/mol. The number of esters is 4. The monoisotopic (exact) mass is 521 g/mol. The van der Waals surface area contributed by atoms with Crippen molar-refractivity contribution in [1.82, 2.24) is 5.32 Å². The van der Waals surface area contributed by atoms with Crippen molar-refractivity contribution >= 4 is 23.9 Å². The van der Waals surface area contributed by atoms with Crippen LogP contribution in [0.5, 0.6) is 11.5 Å². The van der Waals surface area contributed by atoms with Crippen molar-refractivity contribution < 1.29 is 38.1 Å². The van der Waals surface area contributed by atoms with Crippen molar-refractivity contribution in [2.75, 3.05) is 20.3 Å². The molecule has 0 aliphatic carbocycles. The lowest BCUT2D eigenvalue weighted by Gasteiger charge is -2.21. The Morgan fingerprint density at radius 2 is 1.38 bits per heavy atom. The minimum Gasteiger partial charge on any atom is -0.468 e. The van der Waals surface area contributed by atoms with Crippen LogP contribution in [0.3, 0.4) is 0 Å². The number of hydrogen-bond acceptors (Lipinski definition) is 9. The van der Waals surface area contributed by atoms with E-state index in [2.05, 4.69) is 5.32 Å². The summed E-state index contributed by atoms with van der Waals surface area (Å²) in [5.41, 5.74) is -1.09. The number of carbonyl (C=O) groups is 4. The van der Waals surface area contributed by atoms with E-state index in [-0.39, 0.29) is 48.9 Å². The van der Waals surface area contributed by atoms with Crippen LogP contribution < -0.4 is 14.8 Å². The van der Waals surface area contributed by atoms with Gasteiger partial charge in [0.05, 0.1) is 24.4 Å². The molecule has 0 saturated heterocycles. The van der Waals surface area contributed by atoms with E-state index < -0.39 is 34.8 Å². The van der Waals surface area contributed by atoms with E-state index in [1.807, 2.05) is 20.8 Å². The van der Waals surface area contributed by atoms with E-state index in [1.165, 1.54) is 13.2 Å². The van der Waals surface area contributed by atoms with Crippen LogP contribution in [-0.2, 0) is 35.1 Å². The van der Waals surface area contributed by atoms with E-state index in [9.17, 15) is 19.2 Å². The van der Waals surface area contributed by atoms with E-state index >= 15 is 0 Å². The molecule has 1 rings (SSSR count). The van der Waals surface area contributed by atoms with Crippen molar-refractivity contribution in [2.45, 2.75) is 81.2 Å². The highest BCUT2D eigenvalue weighted by atomic mass is 16.6. The van der Waals surface area contributed by atoms with Gasteiger partial charge in [-0.3, -0.25) is 19.2 Å². The lowest BCUT2D eigenvalue weighted by Crippen LogP contribution is -2.41. The molecule has 1 atom stereocenters. The second kappa shape index (κ2) is 13.0. The fourth-order valence-corrected chi connectivity index (χ4v) is 2.85. The molecule has 0 radical (unpaired) electrons. The Labute approximate surface area is 220 Å². The van der Waals surface area contributed by atoms with Gasteiger partial charge in [-0.05, 0) is 71.1 Å². The van der Waals surface area contributed by atoms with Crippen molar-refractivity contribution in [1.29, 1.82) is 0 Å². The summed E-state index contributed by atoms with van der Waals surface area (Å²) >= 11 is 0. The quantitative estimate of drug-likeness (QED) is 0.274. The fraction of sp³-hybridized carbons (Fsp3) is 0.643. The largest absolute Gasteiger partial charge is 0.468 e. The van der Waals surface area contributed by atoms with E-state index in [0.717, 1.165) is 0 Å². The molecule has 0 aliphatic heterocycles. The number of hydrogen-bond donors (Lipinski definition) is 1. The van der Waals surface area contributed by atoms with Crippen LogP contribution in [0, 0.1) is 16.2 Å². The number of carbonyl (C=O) groups excluding carboxylic acids is 4. The zero-order valence-corrected chi connectivity index (χ0v) is 23.9. The van der Waals surface area contributed by atoms with Gasteiger partial charge >= 0.3 is 23.9 Å². The molecule has 208 valence electrons. The predicted molar refractivity (Wildman–Crippen MR) is 139 cm³/mol. The first-order valence-corrected chi connectivity index (χ1v) is 12.4. The Bertz CT molecular complexity index is 964. The van der Waals surface area contributed by atoms with Gasteiger partial charge in [0.2, 0.25) is 0 Å². The Kier molecular flexibility index (Phi) is 11.3. The second-order valence-corrected chi connectivity index (χ2v) is 12.3. The van der Waals surface area contributed by atoms with Crippen LogP contribution in [-0.4, -0.2) is 50.2 Å². The topological polar surface area (TPSA) is 117 Å². The normalized spacial score (nSPS) is 12.9. The van der Waals surface area contributed by atoms with E-state index in [0.29, 0.717) is 5.56 Å². The lowest BCUT2D eigenvalue weighted by atomic mass is 9.93. The number of rotatable bonds is 10. The second-order valence-electron chi connectivity index (χ2n) is 12.3. The van der Waals surface area contributed by atoms with Crippen molar-refractivity contribution in [3.8, 4) is 11.5 Å². The maximum atomic E-state index is 12.6. The molecule has 0 spiro atoms. The summed E-state index contributed by atoms with van der Waals surface area (Å²) in [7, 11) is 1.28. The minimum atomic E-state index is -0.790. The van der Waals surface area contributed by atoms with Gasteiger partial charge in [-0.25, -0.2) is 0 Å². The first-order chi connectivity index (χ1) is 16.8. The number of ether oxygens (including phenoxy) is 4. The molecule has 0 saturated carbocycles. The summed E-state index contributed by atoms with van der Waals surface area (Å²) in [6.45, 7) is 16.5. The van der Waals surface area contributed by atoms with Crippen LogP contribution in [0.25, 0.3) is 0 Å². The molecule has 0 bridgehead atoms. The number of methoxy groups -OCH3 is 1. The molecular weight excluding hydrogens is 478 g/mol. The van der Waals surface area contributed by atoms with Gasteiger partial charge in [0, 0.05) is 6.54 Å². The molecule has 37 heavy (non-hydrogen) atoms. The SMILES string of the molecule is COC(=O)[C@H](Cc1ccc(OC(=O)C(C)(C)C)c(OC(=O)C(C)(C)C)c1)NCCOC(=O)CC(C)(C)C. The summed E-state index contributed by atoms with van der Waals surface area (Å²) in [5.74, 6) is -1.61. The highest BCUT2D eigenvalue weighted by molar-refractivity contribution is 5.81. The molecule has 0 fully saturated rings. The van der Waals surface area contributed by atoms with Gasteiger partial charge in [-0.1, -0.05) is 26.8 Å². The molecule has 0 aromatic heterocycles. The van der Waals surface area contributed by atoms with Crippen LogP contribution in [0.2, 0.25) is 0 Å². The molecule has 0 heterocycles. The van der Waals surface area contributed by atoms with Gasteiger partial charge in [0.1, 0.15) is 12.6 Å². The van der Waals surface area contributed by atoms with Gasteiger partial charge in [0.25, 0.3) is 0 Å². The summed E-state index contributed by atoms with van der Waals surface area (Å²) in [4.78, 5) is 49.4. The van der Waals surface area contributed by atoms with Gasteiger partial charge in [-0.2, -0.15) is 0 Å². The lowest BCUT2D eigenvalue weighted by molar-refractivity contribution is -0.146. The number of nitrogens with one attached hydrogen (secondary N) is 1. The first kappa shape index (κ1) is 32.1. The molecule has 0 amide bonds. The fourth-order valence-electron chi connectivity index (χ4n) is 2.85. The third-order valence-corrected chi connectivity index (χ3v) is 4.99. The van der Waals surface area contributed by atoms with E-state index in [4.69, 9.17) is 18.9 Å². The van der Waals surface area contributed by atoms with Crippen molar-refractivity contribution in [2.24, 2.45) is 16.2 Å². The molecule has 0 unspecified atom stereocenters. The molecule has 9 heteroatoms. The van der Waals surface area contributed by atoms with Gasteiger partial charge in [-0.15, -0.1) is 0 Å². The van der Waals surface area contributed by atoms with Crippen LogP contribution in [0.1, 0.15) is 74.3 Å². The van der Waals surface area contributed by atoms with Crippen molar-refractivity contribution in [3.63, 3.8) is 0 Å². The predicted octanol–water partition coefficient (Wildman–Crippen LogP) is 4.24.